The third-order valence-electron chi connectivity index (χ3n) is 5.59. The maximum atomic E-state index is 2.98. The van der Waals surface area contributed by atoms with Crippen LogP contribution in [0.5, 0.6) is 0 Å². The van der Waals surface area contributed by atoms with Gasteiger partial charge in [-0.1, -0.05) is 39.5 Å². The van der Waals surface area contributed by atoms with Crippen molar-refractivity contribution in [1.29, 1.82) is 0 Å². The minimum atomic E-state index is 0.0516. The summed E-state index contributed by atoms with van der Waals surface area (Å²) >= 11 is 0. The van der Waals surface area contributed by atoms with Crippen LogP contribution in [-0.4, -0.2) is 53.7 Å². The highest BCUT2D eigenvalue weighted by Crippen LogP contribution is 2.25. The third kappa shape index (κ3) is 5.81. The van der Waals surface area contributed by atoms with Gasteiger partial charge in [0, 0.05) is 12.1 Å². The number of nitrogens with zero attached hydrogens (tertiary/aromatic N) is 2. The number of hydrogen-bond acceptors (Lipinski definition) is 2. The van der Waals surface area contributed by atoms with Crippen molar-refractivity contribution < 1.29 is 0 Å². The molecular weight excluding hydrogens is 288 g/mol. The summed E-state index contributed by atoms with van der Waals surface area (Å²) in [5.41, 5.74) is 1.66. The van der Waals surface area contributed by atoms with E-state index in [1.54, 1.807) is 5.67 Å². The Kier molecular flexibility index (Phi) is 8.59. The molecule has 0 aromatic rings. The predicted octanol–water partition coefficient (Wildman–Crippen LogP) is 2.84. The summed E-state index contributed by atoms with van der Waals surface area (Å²) in [5, 5.41) is 0. The Morgan fingerprint density at radius 3 is 1.43 bits per heavy atom. The molecule has 21 heavy (non-hydrogen) atoms. The van der Waals surface area contributed by atoms with Gasteiger partial charge in [-0.05, 0) is 57.3 Å². The molecule has 2 saturated carbocycles. The van der Waals surface area contributed by atoms with Gasteiger partial charge in [0.2, 0.25) is 0 Å². The van der Waals surface area contributed by atoms with Crippen molar-refractivity contribution >= 4 is 19.4 Å². The van der Waals surface area contributed by atoms with Gasteiger partial charge in [0.05, 0.1) is 19.4 Å². The Balaban J connectivity index is 1.73. The molecule has 0 aromatic carbocycles. The zero-order valence-electron chi connectivity index (χ0n) is 14.7. The average molecular weight is 327 g/mol. The SMILES string of the molecule is CCCN([SiH2]C[SiH2]N(CCC)C1CCCC1)C1CCCC1. The van der Waals surface area contributed by atoms with E-state index >= 15 is 0 Å². The summed E-state index contributed by atoms with van der Waals surface area (Å²) in [6.07, 6.45) is 14.8. The first-order valence-electron chi connectivity index (χ1n) is 9.83. The molecule has 0 atom stereocenters. The molecule has 0 heterocycles. The van der Waals surface area contributed by atoms with Crippen LogP contribution in [0, 0.1) is 0 Å². The fourth-order valence-electron chi connectivity index (χ4n) is 4.54. The highest BCUT2D eigenvalue weighted by Gasteiger charge is 2.24. The van der Waals surface area contributed by atoms with E-state index in [4.69, 9.17) is 0 Å². The van der Waals surface area contributed by atoms with Crippen LogP contribution in [0.4, 0.5) is 0 Å². The monoisotopic (exact) mass is 326 g/mol. The maximum Gasteiger partial charge on any atom is 0.0935 e. The fraction of sp³-hybridized carbons (Fsp3) is 1.00. The molecule has 2 nitrogen and oxygen atoms in total. The van der Waals surface area contributed by atoms with Gasteiger partial charge in [-0.2, -0.15) is 0 Å². The van der Waals surface area contributed by atoms with E-state index in [-0.39, 0.29) is 19.4 Å². The second-order valence-electron chi connectivity index (χ2n) is 7.30. The van der Waals surface area contributed by atoms with Crippen LogP contribution < -0.4 is 0 Å². The molecule has 0 N–H and O–H groups in total. The predicted molar refractivity (Wildman–Crippen MR) is 100 cm³/mol. The van der Waals surface area contributed by atoms with Gasteiger partial charge in [0.15, 0.2) is 0 Å². The van der Waals surface area contributed by atoms with Gasteiger partial charge in [0.25, 0.3) is 0 Å². The zero-order valence-corrected chi connectivity index (χ0v) is 17.5. The largest absolute Gasteiger partial charge is 0.327 e. The summed E-state index contributed by atoms with van der Waals surface area (Å²) < 4.78 is 5.97. The molecule has 4 heteroatoms. The molecule has 2 rings (SSSR count). The van der Waals surface area contributed by atoms with Crippen LogP contribution >= 0.6 is 0 Å². The summed E-state index contributed by atoms with van der Waals surface area (Å²) in [4.78, 5) is 0. The molecule has 0 aliphatic heterocycles. The minimum absolute atomic E-state index is 0.0516. The normalized spacial score (nSPS) is 22.3. The van der Waals surface area contributed by atoms with Crippen LogP contribution in [0.15, 0.2) is 0 Å². The van der Waals surface area contributed by atoms with Crippen molar-refractivity contribution in [1.82, 2.24) is 9.13 Å². The third-order valence-corrected chi connectivity index (χ3v) is 10.9. The van der Waals surface area contributed by atoms with Crippen molar-refractivity contribution in [2.75, 3.05) is 13.1 Å². The lowest BCUT2D eigenvalue weighted by molar-refractivity contribution is 0.328. The van der Waals surface area contributed by atoms with E-state index in [0.29, 0.717) is 0 Å². The average Bonchev–Trinajstić information content (AvgIpc) is 3.18. The van der Waals surface area contributed by atoms with Crippen molar-refractivity contribution in [2.45, 2.75) is 95.8 Å². The van der Waals surface area contributed by atoms with Crippen LogP contribution in [-0.2, 0) is 0 Å². The van der Waals surface area contributed by atoms with E-state index < -0.39 is 0 Å². The standard InChI is InChI=1S/C17H38N2Si2/c1-3-13-18(16-9-5-6-10-16)20-15-21-19(14-4-2)17-11-7-8-12-17/h16-17H,3-15,20-21H2,1-2H3. The lowest BCUT2D eigenvalue weighted by Crippen LogP contribution is -2.42. The molecule has 0 amide bonds. The van der Waals surface area contributed by atoms with Gasteiger partial charge in [-0.25, -0.2) is 0 Å². The molecular formula is C17H38N2Si2. The summed E-state index contributed by atoms with van der Waals surface area (Å²) in [7, 11) is 0.103. The maximum absolute atomic E-state index is 2.98. The molecule has 124 valence electrons. The number of hydrogen-bond donors (Lipinski definition) is 0. The summed E-state index contributed by atoms with van der Waals surface area (Å²) in [5.74, 6) is 0. The first-order chi connectivity index (χ1) is 10.3. The smallest absolute Gasteiger partial charge is 0.0935 e. The molecule has 0 saturated heterocycles. The Bertz CT molecular complexity index is 238. The topological polar surface area (TPSA) is 6.48 Å². The van der Waals surface area contributed by atoms with Crippen LogP contribution in [0.2, 0.25) is 5.67 Å². The molecule has 0 radical (unpaired) electrons. The van der Waals surface area contributed by atoms with E-state index in [1.807, 2.05) is 0 Å². The Labute approximate surface area is 137 Å². The van der Waals surface area contributed by atoms with Gasteiger partial charge >= 0.3 is 0 Å². The fourth-order valence-corrected chi connectivity index (χ4v) is 10.9. The van der Waals surface area contributed by atoms with Crippen LogP contribution in [0.3, 0.4) is 0 Å². The summed E-state index contributed by atoms with van der Waals surface area (Å²) in [6.45, 7) is 7.55. The lowest BCUT2D eigenvalue weighted by Gasteiger charge is -2.31. The van der Waals surface area contributed by atoms with Crippen molar-refractivity contribution in [3.05, 3.63) is 0 Å². The summed E-state index contributed by atoms with van der Waals surface area (Å²) in [6, 6.07) is 1.99. The quantitative estimate of drug-likeness (QED) is 0.570. The first-order valence-corrected chi connectivity index (χ1v) is 13.1. The van der Waals surface area contributed by atoms with Gasteiger partial charge in [-0.3, -0.25) is 0 Å². The van der Waals surface area contributed by atoms with Gasteiger partial charge in [-0.15, -0.1) is 0 Å². The van der Waals surface area contributed by atoms with Crippen LogP contribution in [0.1, 0.15) is 78.1 Å². The minimum Gasteiger partial charge on any atom is -0.327 e. The van der Waals surface area contributed by atoms with E-state index in [1.165, 1.54) is 77.3 Å². The Hall–Kier alpha value is 0.354. The second kappa shape index (κ2) is 10.2. The lowest BCUT2D eigenvalue weighted by atomic mass is 10.2. The van der Waals surface area contributed by atoms with Gasteiger partial charge in [0.1, 0.15) is 0 Å². The molecule has 0 bridgehead atoms. The molecule has 2 aliphatic rings. The van der Waals surface area contributed by atoms with E-state index in [9.17, 15) is 0 Å². The van der Waals surface area contributed by atoms with Gasteiger partial charge < -0.3 is 9.13 Å². The van der Waals surface area contributed by atoms with E-state index in [2.05, 4.69) is 23.0 Å². The highest BCUT2D eigenvalue weighted by atomic mass is 28.3. The van der Waals surface area contributed by atoms with Crippen LogP contribution in [0.25, 0.3) is 0 Å². The highest BCUT2D eigenvalue weighted by molar-refractivity contribution is 6.52. The van der Waals surface area contributed by atoms with E-state index in [0.717, 1.165) is 12.1 Å². The molecule has 0 unspecified atom stereocenters. The molecule has 0 aromatic heterocycles. The Morgan fingerprint density at radius 2 is 1.10 bits per heavy atom. The Morgan fingerprint density at radius 1 is 0.714 bits per heavy atom. The molecule has 2 fully saturated rings. The van der Waals surface area contributed by atoms with Crippen molar-refractivity contribution in [2.24, 2.45) is 0 Å². The molecule has 0 spiro atoms. The first kappa shape index (κ1) is 17.7. The second-order valence-corrected chi connectivity index (χ2v) is 12.6. The number of rotatable bonds is 10. The van der Waals surface area contributed by atoms with Crippen molar-refractivity contribution in [3.8, 4) is 0 Å². The van der Waals surface area contributed by atoms with Crippen molar-refractivity contribution in [3.63, 3.8) is 0 Å². The zero-order chi connectivity index (χ0) is 14.9. The molecule has 2 aliphatic carbocycles.